The van der Waals surface area contributed by atoms with Gasteiger partial charge in [-0.3, -0.25) is 0 Å². The number of hydrogen-bond acceptors (Lipinski definition) is 4. The highest BCUT2D eigenvalue weighted by molar-refractivity contribution is 7.13. The standard InChI is InChI=1S/C21H23N3OS/c1-25-20-10-6-5-9-19(20)24-13-11-23(12-14-24)15-18-16-26-21(22-18)17-7-3-2-4-8-17/h2-10,16H,11-15H2,1H3/p+1. The van der Waals surface area contributed by atoms with Gasteiger partial charge in [-0.15, -0.1) is 11.3 Å². The maximum absolute atomic E-state index is 5.51. The van der Waals surface area contributed by atoms with Crippen LogP contribution in [0.3, 0.4) is 0 Å². The van der Waals surface area contributed by atoms with Gasteiger partial charge < -0.3 is 14.5 Å². The second kappa shape index (κ2) is 7.89. The lowest BCUT2D eigenvalue weighted by molar-refractivity contribution is -0.914. The molecule has 0 bridgehead atoms. The molecule has 3 aromatic rings. The van der Waals surface area contributed by atoms with Crippen molar-refractivity contribution in [3.8, 4) is 16.3 Å². The first kappa shape index (κ1) is 17.1. The molecule has 0 amide bonds. The van der Waals surface area contributed by atoms with E-state index in [9.17, 15) is 0 Å². The summed E-state index contributed by atoms with van der Waals surface area (Å²) < 4.78 is 5.51. The second-order valence-electron chi connectivity index (χ2n) is 6.60. The number of benzene rings is 2. The summed E-state index contributed by atoms with van der Waals surface area (Å²) >= 11 is 1.74. The van der Waals surface area contributed by atoms with Crippen molar-refractivity contribution in [1.29, 1.82) is 0 Å². The largest absolute Gasteiger partial charge is 0.495 e. The van der Waals surface area contributed by atoms with Crippen LogP contribution in [0.2, 0.25) is 0 Å². The first-order valence-electron chi connectivity index (χ1n) is 9.05. The van der Waals surface area contributed by atoms with E-state index in [1.807, 2.05) is 18.2 Å². The number of rotatable bonds is 5. The predicted octanol–water partition coefficient (Wildman–Crippen LogP) is 2.72. The summed E-state index contributed by atoms with van der Waals surface area (Å²) in [6.07, 6.45) is 0. The Labute approximate surface area is 158 Å². The number of hydrogen-bond donors (Lipinski definition) is 1. The molecule has 1 aliphatic heterocycles. The Morgan fingerprint density at radius 1 is 1.04 bits per heavy atom. The molecular weight excluding hydrogens is 342 g/mol. The first-order valence-corrected chi connectivity index (χ1v) is 9.93. The zero-order chi connectivity index (χ0) is 17.8. The Morgan fingerprint density at radius 2 is 1.77 bits per heavy atom. The molecule has 1 fully saturated rings. The van der Waals surface area contributed by atoms with E-state index in [0.29, 0.717) is 0 Å². The quantitative estimate of drug-likeness (QED) is 0.753. The molecule has 1 aliphatic rings. The molecule has 5 heteroatoms. The summed E-state index contributed by atoms with van der Waals surface area (Å²) in [6, 6.07) is 18.7. The van der Waals surface area contributed by atoms with E-state index >= 15 is 0 Å². The fourth-order valence-corrected chi connectivity index (χ4v) is 4.32. The normalized spacial score (nSPS) is 15.2. The molecule has 1 aromatic heterocycles. The van der Waals surface area contributed by atoms with Gasteiger partial charge in [-0.25, -0.2) is 4.98 Å². The van der Waals surface area contributed by atoms with Gasteiger partial charge in [0.25, 0.3) is 0 Å². The van der Waals surface area contributed by atoms with Crippen molar-refractivity contribution in [2.75, 3.05) is 38.2 Å². The van der Waals surface area contributed by atoms with Crippen molar-refractivity contribution in [2.45, 2.75) is 6.54 Å². The minimum absolute atomic E-state index is 0.961. The van der Waals surface area contributed by atoms with Crippen LogP contribution in [0.5, 0.6) is 5.75 Å². The number of para-hydroxylation sites is 2. The number of piperazine rings is 1. The molecule has 4 rings (SSSR count). The van der Waals surface area contributed by atoms with Crippen LogP contribution in [-0.4, -0.2) is 38.3 Å². The van der Waals surface area contributed by atoms with Crippen molar-refractivity contribution in [3.63, 3.8) is 0 Å². The van der Waals surface area contributed by atoms with Gasteiger partial charge in [-0.1, -0.05) is 42.5 Å². The average Bonchev–Trinajstić information content (AvgIpc) is 3.18. The van der Waals surface area contributed by atoms with E-state index in [0.717, 1.165) is 43.5 Å². The highest BCUT2D eigenvalue weighted by Gasteiger charge is 2.23. The highest BCUT2D eigenvalue weighted by Crippen LogP contribution is 2.27. The van der Waals surface area contributed by atoms with Crippen molar-refractivity contribution in [2.24, 2.45) is 0 Å². The highest BCUT2D eigenvalue weighted by atomic mass is 32.1. The van der Waals surface area contributed by atoms with E-state index in [1.165, 1.54) is 16.9 Å². The predicted molar refractivity (Wildman–Crippen MR) is 107 cm³/mol. The molecule has 0 unspecified atom stereocenters. The first-order chi connectivity index (χ1) is 12.8. The smallest absolute Gasteiger partial charge is 0.142 e. The van der Waals surface area contributed by atoms with Gasteiger partial charge in [0.05, 0.1) is 39.0 Å². The molecule has 0 spiro atoms. The third-order valence-corrected chi connectivity index (χ3v) is 5.84. The van der Waals surface area contributed by atoms with Gasteiger partial charge in [-0.2, -0.15) is 0 Å². The minimum Gasteiger partial charge on any atom is -0.495 e. The summed E-state index contributed by atoms with van der Waals surface area (Å²) in [5.41, 5.74) is 3.61. The lowest BCUT2D eigenvalue weighted by Gasteiger charge is -2.34. The molecule has 4 nitrogen and oxygen atoms in total. The zero-order valence-electron chi connectivity index (χ0n) is 15.0. The summed E-state index contributed by atoms with van der Waals surface area (Å²) in [5, 5.41) is 3.33. The molecule has 2 aromatic carbocycles. The fourth-order valence-electron chi connectivity index (χ4n) is 3.49. The van der Waals surface area contributed by atoms with Crippen molar-refractivity contribution in [1.82, 2.24) is 4.98 Å². The molecule has 1 N–H and O–H groups in total. The lowest BCUT2D eigenvalue weighted by Crippen LogP contribution is -3.13. The summed E-state index contributed by atoms with van der Waals surface area (Å²) in [6.45, 7) is 5.34. The van der Waals surface area contributed by atoms with Gasteiger partial charge in [0.1, 0.15) is 23.0 Å². The number of methoxy groups -OCH3 is 1. The number of aromatic nitrogens is 1. The Balaban J connectivity index is 1.36. The van der Waals surface area contributed by atoms with Crippen LogP contribution in [0, 0.1) is 0 Å². The number of nitrogens with one attached hydrogen (secondary N) is 1. The van der Waals surface area contributed by atoms with Gasteiger partial charge in [0.2, 0.25) is 0 Å². The molecule has 134 valence electrons. The lowest BCUT2D eigenvalue weighted by atomic mass is 10.2. The monoisotopic (exact) mass is 366 g/mol. The molecule has 2 heterocycles. The summed E-state index contributed by atoms with van der Waals surface area (Å²) in [7, 11) is 1.74. The molecular formula is C21H24N3OS+. The maximum atomic E-state index is 5.51. The van der Waals surface area contributed by atoms with Crippen molar-refractivity contribution < 1.29 is 9.64 Å². The minimum atomic E-state index is 0.961. The van der Waals surface area contributed by atoms with E-state index in [4.69, 9.17) is 9.72 Å². The number of anilines is 1. The van der Waals surface area contributed by atoms with E-state index in [2.05, 4.69) is 46.7 Å². The molecule has 0 atom stereocenters. The number of quaternary nitrogens is 1. The van der Waals surface area contributed by atoms with Crippen molar-refractivity contribution in [3.05, 3.63) is 65.7 Å². The number of ether oxygens (including phenoxy) is 1. The Hall–Kier alpha value is -2.37. The SMILES string of the molecule is COc1ccccc1N1CC[NH+](Cc2csc(-c3ccccc3)n2)CC1. The third-order valence-electron chi connectivity index (χ3n) is 4.90. The third kappa shape index (κ3) is 3.74. The van der Waals surface area contributed by atoms with Gasteiger partial charge in [0, 0.05) is 10.9 Å². The van der Waals surface area contributed by atoms with Crippen LogP contribution in [0.25, 0.3) is 10.6 Å². The van der Waals surface area contributed by atoms with Crippen molar-refractivity contribution >= 4 is 17.0 Å². The molecule has 26 heavy (non-hydrogen) atoms. The summed E-state index contributed by atoms with van der Waals surface area (Å²) in [4.78, 5) is 8.87. The maximum Gasteiger partial charge on any atom is 0.142 e. The zero-order valence-corrected chi connectivity index (χ0v) is 15.8. The number of thiazole rings is 1. The Kier molecular flexibility index (Phi) is 5.18. The Bertz CT molecular complexity index is 841. The van der Waals surface area contributed by atoms with Crippen LogP contribution in [0.4, 0.5) is 5.69 Å². The van der Waals surface area contributed by atoms with Crippen LogP contribution in [0.15, 0.2) is 60.0 Å². The van der Waals surface area contributed by atoms with Crippen LogP contribution < -0.4 is 14.5 Å². The number of nitrogens with zero attached hydrogens (tertiary/aromatic N) is 2. The molecule has 0 saturated carbocycles. The van der Waals surface area contributed by atoms with E-state index in [-0.39, 0.29) is 0 Å². The second-order valence-corrected chi connectivity index (χ2v) is 7.45. The topological polar surface area (TPSA) is 29.8 Å². The van der Waals surface area contributed by atoms with Gasteiger partial charge >= 0.3 is 0 Å². The summed E-state index contributed by atoms with van der Waals surface area (Å²) in [5.74, 6) is 0.961. The van der Waals surface area contributed by atoms with E-state index in [1.54, 1.807) is 23.3 Å². The van der Waals surface area contributed by atoms with Gasteiger partial charge in [-0.05, 0) is 12.1 Å². The molecule has 1 saturated heterocycles. The molecule has 0 radical (unpaired) electrons. The van der Waals surface area contributed by atoms with Gasteiger partial charge in [0.15, 0.2) is 0 Å². The Morgan fingerprint density at radius 3 is 2.54 bits per heavy atom. The fraction of sp³-hybridized carbons (Fsp3) is 0.286. The van der Waals surface area contributed by atoms with Crippen LogP contribution >= 0.6 is 11.3 Å². The average molecular weight is 367 g/mol. The van der Waals surface area contributed by atoms with E-state index < -0.39 is 0 Å². The van der Waals surface area contributed by atoms with Crippen LogP contribution in [-0.2, 0) is 6.54 Å². The van der Waals surface area contributed by atoms with Crippen LogP contribution in [0.1, 0.15) is 5.69 Å². The molecule has 0 aliphatic carbocycles.